The number of ether oxygens (including phenoxy) is 2. The molecule has 0 aromatic carbocycles. The third kappa shape index (κ3) is 9.23. The van der Waals surface area contributed by atoms with E-state index < -0.39 is 12.2 Å². The van der Waals surface area contributed by atoms with Crippen LogP contribution >= 0.6 is 0 Å². The number of aliphatic hydroxyl groups is 1. The summed E-state index contributed by atoms with van der Waals surface area (Å²) in [6.07, 6.45) is 8.04. The maximum absolute atomic E-state index is 9.86. The van der Waals surface area contributed by atoms with Gasteiger partial charge in [0.1, 0.15) is 19.0 Å². The van der Waals surface area contributed by atoms with Crippen LogP contribution in [-0.2, 0) is 9.47 Å². The van der Waals surface area contributed by atoms with Gasteiger partial charge < -0.3 is 14.6 Å². The zero-order chi connectivity index (χ0) is 13.6. The van der Waals surface area contributed by atoms with Gasteiger partial charge in [-0.15, -0.1) is 5.92 Å². The summed E-state index contributed by atoms with van der Waals surface area (Å²) >= 11 is 0. The Morgan fingerprint density at radius 1 is 1.28 bits per heavy atom. The van der Waals surface area contributed by atoms with E-state index in [1.54, 1.807) is 13.2 Å². The highest BCUT2D eigenvalue weighted by molar-refractivity contribution is 5.10. The quantitative estimate of drug-likeness (QED) is 0.297. The zero-order valence-corrected chi connectivity index (χ0v) is 11.8. The molecule has 18 heavy (non-hydrogen) atoms. The second kappa shape index (κ2) is 12.6. The van der Waals surface area contributed by atoms with E-state index in [9.17, 15) is 5.11 Å². The number of hydrogen-bond donors (Lipinski definition) is 1. The number of hydrogen-bond acceptors (Lipinski definition) is 3. The van der Waals surface area contributed by atoms with Crippen molar-refractivity contribution in [1.82, 2.24) is 0 Å². The van der Waals surface area contributed by atoms with E-state index in [1.165, 1.54) is 19.3 Å². The van der Waals surface area contributed by atoms with Crippen LogP contribution in [0, 0.1) is 11.8 Å². The van der Waals surface area contributed by atoms with Crippen LogP contribution < -0.4 is 0 Å². The number of methoxy groups -OCH3 is 1. The van der Waals surface area contributed by atoms with Gasteiger partial charge in [0.15, 0.2) is 0 Å². The Morgan fingerprint density at radius 2 is 2.06 bits per heavy atom. The molecule has 3 nitrogen and oxygen atoms in total. The number of unbranched alkanes of at least 4 members (excludes halogenated alkanes) is 4. The molecule has 0 saturated carbocycles. The third-order valence-electron chi connectivity index (χ3n) is 2.48. The van der Waals surface area contributed by atoms with Crippen molar-refractivity contribution < 1.29 is 14.6 Å². The lowest BCUT2D eigenvalue weighted by Gasteiger charge is -2.15. The summed E-state index contributed by atoms with van der Waals surface area (Å²) in [6, 6.07) is 0. The fraction of sp³-hybridized carbons (Fsp3) is 0.733. The second-order valence-electron chi connectivity index (χ2n) is 4.14. The topological polar surface area (TPSA) is 38.7 Å². The highest BCUT2D eigenvalue weighted by atomic mass is 16.7. The van der Waals surface area contributed by atoms with E-state index in [-0.39, 0.29) is 6.79 Å². The van der Waals surface area contributed by atoms with Crippen molar-refractivity contribution in [3.05, 3.63) is 12.2 Å². The summed E-state index contributed by atoms with van der Waals surface area (Å²) in [5, 5.41) is 9.86. The molecule has 0 aliphatic heterocycles. The van der Waals surface area contributed by atoms with Gasteiger partial charge in [-0.25, -0.2) is 0 Å². The summed E-state index contributed by atoms with van der Waals surface area (Å²) < 4.78 is 10.2. The van der Waals surface area contributed by atoms with Crippen LogP contribution in [-0.4, -0.2) is 31.2 Å². The van der Waals surface area contributed by atoms with Crippen LogP contribution in [0.25, 0.3) is 0 Å². The molecule has 0 fully saturated rings. The summed E-state index contributed by atoms with van der Waals surface area (Å²) in [5.41, 5.74) is 0. The van der Waals surface area contributed by atoms with Crippen molar-refractivity contribution in [1.29, 1.82) is 0 Å². The molecule has 0 saturated heterocycles. The lowest BCUT2D eigenvalue weighted by molar-refractivity contribution is -0.0815. The molecule has 104 valence electrons. The van der Waals surface area contributed by atoms with E-state index in [2.05, 4.69) is 18.8 Å². The van der Waals surface area contributed by atoms with E-state index in [1.807, 2.05) is 13.0 Å². The van der Waals surface area contributed by atoms with Crippen molar-refractivity contribution >= 4 is 0 Å². The Bertz CT molecular complexity index is 263. The van der Waals surface area contributed by atoms with Gasteiger partial charge >= 0.3 is 0 Å². The minimum absolute atomic E-state index is 0.157. The SMILES string of the molecule is C/C=C/[C@@H](OCOC)[C@@H](O)C#CCCCCCC. The molecular formula is C15H26O3. The third-order valence-corrected chi connectivity index (χ3v) is 2.48. The molecule has 0 aliphatic rings. The van der Waals surface area contributed by atoms with Crippen molar-refractivity contribution in [3.8, 4) is 11.8 Å². The molecule has 0 aliphatic carbocycles. The molecular weight excluding hydrogens is 228 g/mol. The highest BCUT2D eigenvalue weighted by Gasteiger charge is 2.13. The molecule has 0 heterocycles. The van der Waals surface area contributed by atoms with Gasteiger partial charge in [-0.2, -0.15) is 0 Å². The predicted molar refractivity (Wildman–Crippen MR) is 74.1 cm³/mol. The Labute approximate surface area is 111 Å². The summed E-state index contributed by atoms with van der Waals surface area (Å²) in [7, 11) is 1.55. The van der Waals surface area contributed by atoms with Gasteiger partial charge in [0.2, 0.25) is 0 Å². The molecule has 0 aromatic rings. The van der Waals surface area contributed by atoms with Gasteiger partial charge in [-0.05, 0) is 13.3 Å². The summed E-state index contributed by atoms with van der Waals surface area (Å²) in [5.74, 6) is 5.83. The molecule has 0 bridgehead atoms. The van der Waals surface area contributed by atoms with Crippen molar-refractivity contribution in [2.24, 2.45) is 0 Å². The van der Waals surface area contributed by atoms with Crippen LogP contribution in [0.5, 0.6) is 0 Å². The lowest BCUT2D eigenvalue weighted by Crippen LogP contribution is -2.26. The normalized spacial score (nSPS) is 14.2. The van der Waals surface area contributed by atoms with Crippen LogP contribution in [0.4, 0.5) is 0 Å². The van der Waals surface area contributed by atoms with Crippen LogP contribution in [0.1, 0.15) is 46.0 Å². The second-order valence-corrected chi connectivity index (χ2v) is 4.14. The Morgan fingerprint density at radius 3 is 2.67 bits per heavy atom. The van der Waals surface area contributed by atoms with E-state index in [0.717, 1.165) is 12.8 Å². The Kier molecular flexibility index (Phi) is 12.1. The van der Waals surface area contributed by atoms with E-state index >= 15 is 0 Å². The van der Waals surface area contributed by atoms with Crippen LogP contribution in [0.2, 0.25) is 0 Å². The van der Waals surface area contributed by atoms with Crippen molar-refractivity contribution in [2.75, 3.05) is 13.9 Å². The summed E-state index contributed by atoms with van der Waals surface area (Å²) in [6.45, 7) is 4.22. The lowest BCUT2D eigenvalue weighted by atomic mass is 10.1. The number of aliphatic hydroxyl groups excluding tert-OH is 1. The first-order valence-corrected chi connectivity index (χ1v) is 6.66. The van der Waals surface area contributed by atoms with Gasteiger partial charge in [0, 0.05) is 13.5 Å². The molecule has 0 spiro atoms. The van der Waals surface area contributed by atoms with Gasteiger partial charge in [0.25, 0.3) is 0 Å². The maximum Gasteiger partial charge on any atom is 0.147 e. The summed E-state index contributed by atoms with van der Waals surface area (Å²) in [4.78, 5) is 0. The number of rotatable bonds is 9. The molecule has 2 atom stereocenters. The highest BCUT2D eigenvalue weighted by Crippen LogP contribution is 2.03. The fourth-order valence-corrected chi connectivity index (χ4v) is 1.49. The molecule has 1 N–H and O–H groups in total. The average molecular weight is 254 g/mol. The van der Waals surface area contributed by atoms with E-state index in [4.69, 9.17) is 9.47 Å². The predicted octanol–water partition coefficient (Wildman–Crippen LogP) is 2.89. The first-order valence-electron chi connectivity index (χ1n) is 6.66. The van der Waals surface area contributed by atoms with Crippen molar-refractivity contribution in [3.63, 3.8) is 0 Å². The van der Waals surface area contributed by atoms with E-state index in [0.29, 0.717) is 0 Å². The van der Waals surface area contributed by atoms with Gasteiger partial charge in [-0.3, -0.25) is 0 Å². The van der Waals surface area contributed by atoms with Crippen LogP contribution in [0.15, 0.2) is 12.2 Å². The molecule has 0 rings (SSSR count). The van der Waals surface area contributed by atoms with Gasteiger partial charge in [-0.1, -0.05) is 44.3 Å². The molecule has 0 radical (unpaired) electrons. The standard InChI is InChI=1S/C15H26O3/c1-4-6-7-8-9-10-12-14(16)15(11-5-2)18-13-17-3/h5,11,14-16H,4,6-9,13H2,1-3H3/b11-5+/t14-,15+/m0/s1. The largest absolute Gasteiger partial charge is 0.377 e. The molecule has 0 unspecified atom stereocenters. The van der Waals surface area contributed by atoms with Crippen LogP contribution in [0.3, 0.4) is 0 Å². The van der Waals surface area contributed by atoms with Crippen molar-refractivity contribution in [2.45, 2.75) is 58.2 Å². The smallest absolute Gasteiger partial charge is 0.147 e. The zero-order valence-electron chi connectivity index (χ0n) is 11.8. The number of allylic oxidation sites excluding steroid dienone is 1. The maximum atomic E-state index is 9.86. The first kappa shape index (κ1) is 17.2. The molecule has 0 aromatic heterocycles. The van der Waals surface area contributed by atoms with Gasteiger partial charge in [0.05, 0.1) is 0 Å². The molecule has 0 amide bonds. The monoisotopic (exact) mass is 254 g/mol. The Hall–Kier alpha value is -0.820. The Balaban J connectivity index is 3.99. The fourth-order valence-electron chi connectivity index (χ4n) is 1.49. The minimum Gasteiger partial charge on any atom is -0.377 e. The average Bonchev–Trinajstić information content (AvgIpc) is 2.38. The molecule has 3 heteroatoms. The minimum atomic E-state index is -0.789. The first-order chi connectivity index (χ1) is 8.76.